The number of nitrogens with zero attached hydrogens (tertiary/aromatic N) is 5. The highest BCUT2D eigenvalue weighted by atomic mass is 32.2. The molecule has 7 nitrogen and oxygen atoms in total. The summed E-state index contributed by atoms with van der Waals surface area (Å²) in [7, 11) is 1.77. The first-order chi connectivity index (χ1) is 12.2. The van der Waals surface area contributed by atoms with Crippen LogP contribution in [-0.2, 0) is 23.2 Å². The van der Waals surface area contributed by atoms with Crippen LogP contribution in [0.2, 0.25) is 0 Å². The van der Waals surface area contributed by atoms with Gasteiger partial charge in [0.25, 0.3) is 0 Å². The first kappa shape index (κ1) is 17.9. The smallest absolute Gasteiger partial charge is 0.233 e. The van der Waals surface area contributed by atoms with E-state index in [-0.39, 0.29) is 5.91 Å². The van der Waals surface area contributed by atoms with Gasteiger partial charge < -0.3 is 9.64 Å². The van der Waals surface area contributed by atoms with Gasteiger partial charge in [-0.2, -0.15) is 0 Å². The number of ether oxygens (including phenoxy) is 1. The number of benzene rings is 1. The van der Waals surface area contributed by atoms with Crippen molar-refractivity contribution >= 4 is 17.7 Å². The molecule has 1 fully saturated rings. The van der Waals surface area contributed by atoms with E-state index in [2.05, 4.69) is 27.7 Å². The molecule has 0 N–H and O–H groups in total. The second-order valence-electron chi connectivity index (χ2n) is 6.22. The standard InChI is InChI=1S/C17H23N5O2S/c1-21-17(18-19-20-21)25-13-16(23)22-9-5-8-15(10-22)12-24-11-14-6-3-2-4-7-14/h2-4,6-7,15H,5,8-13H2,1H3. The Labute approximate surface area is 151 Å². The maximum absolute atomic E-state index is 12.4. The highest BCUT2D eigenvalue weighted by molar-refractivity contribution is 7.99. The van der Waals surface area contributed by atoms with Crippen molar-refractivity contribution in [3.05, 3.63) is 35.9 Å². The number of carbonyl (C=O) groups is 1. The summed E-state index contributed by atoms with van der Waals surface area (Å²) in [4.78, 5) is 14.4. The fourth-order valence-electron chi connectivity index (χ4n) is 2.91. The Kier molecular flexibility index (Phi) is 6.41. The molecule has 1 atom stereocenters. The van der Waals surface area contributed by atoms with Crippen LogP contribution < -0.4 is 0 Å². The molecule has 2 aromatic rings. The van der Waals surface area contributed by atoms with Crippen molar-refractivity contribution in [1.29, 1.82) is 0 Å². The van der Waals surface area contributed by atoms with Crippen LogP contribution in [0.5, 0.6) is 0 Å². The minimum Gasteiger partial charge on any atom is -0.376 e. The van der Waals surface area contributed by atoms with E-state index < -0.39 is 0 Å². The van der Waals surface area contributed by atoms with Gasteiger partial charge >= 0.3 is 0 Å². The molecule has 2 heterocycles. The highest BCUT2D eigenvalue weighted by Crippen LogP contribution is 2.20. The van der Waals surface area contributed by atoms with E-state index in [1.165, 1.54) is 17.3 Å². The van der Waals surface area contributed by atoms with E-state index >= 15 is 0 Å². The number of hydrogen-bond acceptors (Lipinski definition) is 6. The number of carbonyl (C=O) groups excluding carboxylic acids is 1. The molecule has 1 aliphatic rings. The van der Waals surface area contributed by atoms with Crippen LogP contribution in [0.4, 0.5) is 0 Å². The number of thioether (sulfide) groups is 1. The molecule has 1 amide bonds. The molecule has 1 unspecified atom stereocenters. The van der Waals surface area contributed by atoms with Gasteiger partial charge in [0.05, 0.1) is 19.0 Å². The van der Waals surface area contributed by atoms with E-state index in [0.29, 0.717) is 30.0 Å². The van der Waals surface area contributed by atoms with E-state index in [9.17, 15) is 4.79 Å². The molecule has 0 aliphatic carbocycles. The average molecular weight is 361 g/mol. The third kappa shape index (κ3) is 5.27. The molecule has 1 saturated heterocycles. The van der Waals surface area contributed by atoms with Gasteiger partial charge in [0.2, 0.25) is 11.1 Å². The number of aryl methyl sites for hydroxylation is 1. The Hall–Kier alpha value is -1.93. The topological polar surface area (TPSA) is 73.1 Å². The predicted octanol–water partition coefficient (Wildman–Crippen LogP) is 1.76. The number of aromatic nitrogens is 4. The SMILES string of the molecule is Cn1nnnc1SCC(=O)N1CCCC(COCc2ccccc2)C1. The molecule has 134 valence electrons. The summed E-state index contributed by atoms with van der Waals surface area (Å²) in [6, 6.07) is 10.2. The molecule has 0 bridgehead atoms. The van der Waals surface area contributed by atoms with Crippen molar-refractivity contribution < 1.29 is 9.53 Å². The lowest BCUT2D eigenvalue weighted by Crippen LogP contribution is -2.42. The Morgan fingerprint density at radius 1 is 1.36 bits per heavy atom. The minimum absolute atomic E-state index is 0.140. The molecule has 0 saturated carbocycles. The third-order valence-corrected chi connectivity index (χ3v) is 5.24. The summed E-state index contributed by atoms with van der Waals surface area (Å²) in [5.41, 5.74) is 1.18. The fourth-order valence-corrected chi connectivity index (χ4v) is 3.66. The van der Waals surface area contributed by atoms with E-state index in [0.717, 1.165) is 25.9 Å². The van der Waals surface area contributed by atoms with Crippen molar-refractivity contribution in [2.75, 3.05) is 25.4 Å². The molecule has 8 heteroatoms. The third-order valence-electron chi connectivity index (χ3n) is 4.24. The average Bonchev–Trinajstić information content (AvgIpc) is 3.06. The lowest BCUT2D eigenvalue weighted by molar-refractivity contribution is -0.130. The maximum atomic E-state index is 12.4. The molecule has 0 radical (unpaired) electrons. The van der Waals surface area contributed by atoms with E-state index in [1.807, 2.05) is 23.1 Å². The van der Waals surface area contributed by atoms with Gasteiger partial charge in [0, 0.05) is 20.1 Å². The van der Waals surface area contributed by atoms with Crippen molar-refractivity contribution in [1.82, 2.24) is 25.1 Å². The highest BCUT2D eigenvalue weighted by Gasteiger charge is 2.24. The van der Waals surface area contributed by atoms with Gasteiger partial charge in [-0.25, -0.2) is 4.68 Å². The number of hydrogen-bond donors (Lipinski definition) is 0. The predicted molar refractivity (Wildman–Crippen MR) is 94.9 cm³/mol. The summed E-state index contributed by atoms with van der Waals surface area (Å²) < 4.78 is 7.43. The number of tetrazole rings is 1. The summed E-state index contributed by atoms with van der Waals surface area (Å²) >= 11 is 1.38. The summed E-state index contributed by atoms with van der Waals surface area (Å²) in [5, 5.41) is 11.9. The molecule has 1 aromatic heterocycles. The Morgan fingerprint density at radius 2 is 2.20 bits per heavy atom. The molecule has 0 spiro atoms. The Balaban J connectivity index is 1.41. The fraction of sp³-hybridized carbons (Fsp3) is 0.529. The van der Waals surface area contributed by atoms with Gasteiger partial charge in [-0.15, -0.1) is 5.10 Å². The Bertz CT molecular complexity index is 679. The van der Waals surface area contributed by atoms with Crippen LogP contribution in [0.25, 0.3) is 0 Å². The van der Waals surface area contributed by atoms with Crippen LogP contribution >= 0.6 is 11.8 Å². The molecule has 3 rings (SSSR count). The monoisotopic (exact) mass is 361 g/mol. The zero-order valence-corrected chi connectivity index (χ0v) is 15.2. The zero-order chi connectivity index (χ0) is 17.5. The van der Waals surface area contributed by atoms with Gasteiger partial charge in [0.15, 0.2) is 0 Å². The first-order valence-corrected chi connectivity index (χ1v) is 9.45. The first-order valence-electron chi connectivity index (χ1n) is 8.47. The largest absolute Gasteiger partial charge is 0.376 e. The zero-order valence-electron chi connectivity index (χ0n) is 14.4. The summed E-state index contributed by atoms with van der Waals surface area (Å²) in [6.45, 7) is 2.91. The quantitative estimate of drug-likeness (QED) is 0.700. The second-order valence-corrected chi connectivity index (χ2v) is 7.16. The molecular weight excluding hydrogens is 338 g/mol. The number of rotatable bonds is 7. The van der Waals surface area contributed by atoms with Crippen molar-refractivity contribution in [3.63, 3.8) is 0 Å². The number of likely N-dealkylation sites (tertiary alicyclic amines) is 1. The van der Waals surface area contributed by atoms with Gasteiger partial charge in [-0.05, 0) is 34.7 Å². The minimum atomic E-state index is 0.140. The second kappa shape index (κ2) is 8.96. The van der Waals surface area contributed by atoms with E-state index in [4.69, 9.17) is 4.74 Å². The van der Waals surface area contributed by atoms with Gasteiger partial charge in [-0.1, -0.05) is 42.1 Å². The van der Waals surface area contributed by atoms with Crippen LogP contribution in [-0.4, -0.2) is 56.5 Å². The lowest BCUT2D eigenvalue weighted by Gasteiger charge is -2.32. The van der Waals surface area contributed by atoms with Crippen LogP contribution in [0.15, 0.2) is 35.5 Å². The van der Waals surface area contributed by atoms with Crippen LogP contribution in [0.3, 0.4) is 0 Å². The number of amides is 1. The van der Waals surface area contributed by atoms with Gasteiger partial charge in [0.1, 0.15) is 0 Å². The maximum Gasteiger partial charge on any atom is 0.233 e. The summed E-state index contributed by atoms with van der Waals surface area (Å²) in [5.74, 6) is 0.912. The molecule has 25 heavy (non-hydrogen) atoms. The molecule has 1 aromatic carbocycles. The van der Waals surface area contributed by atoms with Crippen molar-refractivity contribution in [3.8, 4) is 0 Å². The normalized spacial score (nSPS) is 17.6. The van der Waals surface area contributed by atoms with Crippen molar-refractivity contribution in [2.45, 2.75) is 24.6 Å². The van der Waals surface area contributed by atoms with E-state index in [1.54, 1.807) is 11.7 Å². The number of piperidine rings is 1. The van der Waals surface area contributed by atoms with Crippen molar-refractivity contribution in [2.24, 2.45) is 13.0 Å². The lowest BCUT2D eigenvalue weighted by atomic mass is 9.99. The Morgan fingerprint density at radius 3 is 2.96 bits per heavy atom. The molecular formula is C17H23N5O2S. The van der Waals surface area contributed by atoms with Crippen LogP contribution in [0.1, 0.15) is 18.4 Å². The summed E-state index contributed by atoms with van der Waals surface area (Å²) in [6.07, 6.45) is 2.14. The van der Waals surface area contributed by atoms with Gasteiger partial charge in [-0.3, -0.25) is 4.79 Å². The molecule has 1 aliphatic heterocycles. The van der Waals surface area contributed by atoms with Crippen LogP contribution in [0, 0.1) is 5.92 Å².